The van der Waals surface area contributed by atoms with Crippen LogP contribution in [0, 0.1) is 15.9 Å². The number of aliphatic carboxylic acids is 1. The number of aliphatic imine (C=N–C) groups is 1. The number of rotatable bonds is 5. The lowest BCUT2D eigenvalue weighted by Gasteiger charge is -2.21. The molecule has 0 fully saturated rings. The minimum Gasteiger partial charge on any atom is -0.478 e. The molecule has 0 radical (unpaired) electrons. The highest BCUT2D eigenvalue weighted by Crippen LogP contribution is 2.30. The summed E-state index contributed by atoms with van der Waals surface area (Å²) in [5, 5.41) is 20.4. The van der Waals surface area contributed by atoms with Gasteiger partial charge in [-0.3, -0.25) is 19.9 Å². The number of carbonyl (C=O) groups is 2. The Morgan fingerprint density at radius 1 is 1.14 bits per heavy atom. The molecule has 11 heteroatoms. The molecule has 1 amide bonds. The van der Waals surface area contributed by atoms with Gasteiger partial charge in [0.15, 0.2) is 5.60 Å². The Bertz CT molecular complexity index is 1370. The Hall–Kier alpha value is -4.31. The Labute approximate surface area is 216 Å². The van der Waals surface area contributed by atoms with E-state index in [0.717, 1.165) is 0 Å². The number of nitro groups is 1. The molecule has 0 unspecified atom stereocenters. The van der Waals surface area contributed by atoms with Gasteiger partial charge in [0.25, 0.3) is 5.69 Å². The van der Waals surface area contributed by atoms with Gasteiger partial charge in [-0.2, -0.15) is 0 Å². The Morgan fingerprint density at radius 3 is 2.38 bits per heavy atom. The van der Waals surface area contributed by atoms with Crippen LogP contribution < -0.4 is 9.64 Å². The van der Waals surface area contributed by atoms with Crippen molar-refractivity contribution >= 4 is 40.6 Å². The fraction of sp³-hybridized carbons (Fsp3) is 0.192. The van der Waals surface area contributed by atoms with E-state index in [2.05, 4.69) is 4.99 Å². The highest BCUT2D eigenvalue weighted by atomic mass is 35.5. The van der Waals surface area contributed by atoms with Crippen molar-refractivity contribution in [3.63, 3.8) is 0 Å². The molecule has 3 aromatic rings. The number of nitro benzene ring substituents is 1. The maximum atomic E-state index is 14.1. The van der Waals surface area contributed by atoms with E-state index in [1.54, 1.807) is 43.4 Å². The molecular weight excluding hydrogens is 505 g/mol. The highest BCUT2D eigenvalue weighted by molar-refractivity contribution is 6.30. The van der Waals surface area contributed by atoms with Gasteiger partial charge in [0.1, 0.15) is 18.1 Å². The largest absolute Gasteiger partial charge is 0.478 e. The summed E-state index contributed by atoms with van der Waals surface area (Å²) in [6.45, 7) is 2.83. The second kappa shape index (κ2) is 11.2. The third-order valence-corrected chi connectivity index (χ3v) is 5.64. The number of hydrogen-bond donors (Lipinski definition) is 1. The van der Waals surface area contributed by atoms with E-state index in [1.807, 2.05) is 0 Å². The number of benzene rings is 3. The number of fused-ring (bicyclic) bond motifs is 1. The summed E-state index contributed by atoms with van der Waals surface area (Å²) in [5.41, 5.74) is -0.112. The second-order valence-electron chi connectivity index (χ2n) is 8.43. The van der Waals surface area contributed by atoms with Crippen LogP contribution in [0.2, 0.25) is 5.02 Å². The number of non-ortho nitro benzene ring substituents is 1. The molecule has 0 saturated carbocycles. The number of carbonyl (C=O) groups excluding carboxylic acids is 1. The lowest BCUT2D eigenvalue weighted by atomic mass is 9.99. The van der Waals surface area contributed by atoms with Crippen LogP contribution in [0.5, 0.6) is 5.75 Å². The van der Waals surface area contributed by atoms with Gasteiger partial charge in [-0.1, -0.05) is 23.7 Å². The first-order valence-electron chi connectivity index (χ1n) is 10.9. The summed E-state index contributed by atoms with van der Waals surface area (Å²) >= 11 is 5.67. The van der Waals surface area contributed by atoms with E-state index in [-0.39, 0.29) is 29.4 Å². The van der Waals surface area contributed by atoms with Crippen LogP contribution in [-0.2, 0) is 9.59 Å². The molecule has 0 saturated heterocycles. The third kappa shape index (κ3) is 6.47. The second-order valence-corrected chi connectivity index (χ2v) is 8.86. The molecule has 1 aliphatic rings. The van der Waals surface area contributed by atoms with Crippen molar-refractivity contribution < 1.29 is 28.7 Å². The number of benzodiazepines with no additional fused rings is 1. The maximum absolute atomic E-state index is 14.1. The van der Waals surface area contributed by atoms with Gasteiger partial charge in [0.2, 0.25) is 5.91 Å². The quantitative estimate of drug-likeness (QED) is 0.362. The zero-order chi connectivity index (χ0) is 27.3. The van der Waals surface area contributed by atoms with Crippen molar-refractivity contribution in [3.05, 3.63) is 98.8 Å². The molecule has 0 bridgehead atoms. The normalized spacial score (nSPS) is 12.9. The molecule has 37 heavy (non-hydrogen) atoms. The minimum absolute atomic E-state index is 0.143. The van der Waals surface area contributed by atoms with Crippen molar-refractivity contribution in [1.82, 2.24) is 0 Å². The van der Waals surface area contributed by atoms with Crippen molar-refractivity contribution in [2.24, 2.45) is 4.99 Å². The molecule has 9 nitrogen and oxygen atoms in total. The Kier molecular flexibility index (Phi) is 8.24. The van der Waals surface area contributed by atoms with Crippen molar-refractivity contribution in [2.75, 3.05) is 18.5 Å². The average Bonchev–Trinajstić information content (AvgIpc) is 2.97. The third-order valence-electron chi connectivity index (χ3n) is 5.38. The molecule has 192 valence electrons. The van der Waals surface area contributed by atoms with Crippen molar-refractivity contribution in [3.8, 4) is 5.75 Å². The molecule has 4 rings (SSSR count). The number of anilines is 1. The Balaban J connectivity index is 0.000000233. The molecule has 1 N–H and O–H groups in total. The zero-order valence-corrected chi connectivity index (χ0v) is 20.9. The van der Waals surface area contributed by atoms with E-state index >= 15 is 0 Å². The van der Waals surface area contributed by atoms with Gasteiger partial charge in [-0.15, -0.1) is 0 Å². The highest BCUT2D eigenvalue weighted by Gasteiger charge is 2.29. The van der Waals surface area contributed by atoms with E-state index in [9.17, 15) is 24.1 Å². The molecule has 0 atom stereocenters. The fourth-order valence-electron chi connectivity index (χ4n) is 3.32. The summed E-state index contributed by atoms with van der Waals surface area (Å²) in [5.74, 6) is -1.29. The standard InChI is InChI=1S/C16H12FN3O3.C10H11ClO3/c1-19-14-7-6-10(20(22)23)8-12(14)16(18-9-15(19)21)11-4-2-3-5-13(11)17;1-10(2,9(12)13)14-8-5-3-7(11)4-6-8/h2-8H,9H2,1H3;3-6H,1-2H3,(H,12,13). The lowest BCUT2D eigenvalue weighted by molar-refractivity contribution is -0.384. The van der Waals surface area contributed by atoms with Crippen LogP contribution in [0.25, 0.3) is 0 Å². The molecule has 0 aromatic heterocycles. The number of ether oxygens (including phenoxy) is 1. The smallest absolute Gasteiger partial charge is 0.347 e. The number of halogens is 2. The van der Waals surface area contributed by atoms with Crippen LogP contribution in [0.1, 0.15) is 25.0 Å². The van der Waals surface area contributed by atoms with Gasteiger partial charge in [0.05, 0.1) is 16.3 Å². The van der Waals surface area contributed by atoms with E-state index in [0.29, 0.717) is 22.0 Å². The first kappa shape index (κ1) is 27.3. The summed E-state index contributed by atoms with van der Waals surface area (Å²) in [7, 11) is 1.56. The van der Waals surface area contributed by atoms with Crippen LogP contribution in [0.4, 0.5) is 15.8 Å². The summed E-state index contributed by atoms with van der Waals surface area (Å²) < 4.78 is 19.4. The molecule has 1 aliphatic heterocycles. The fourth-order valence-corrected chi connectivity index (χ4v) is 3.44. The summed E-state index contributed by atoms with van der Waals surface area (Å²) in [6.07, 6.45) is 0. The zero-order valence-electron chi connectivity index (χ0n) is 20.1. The first-order valence-corrected chi connectivity index (χ1v) is 11.3. The van der Waals surface area contributed by atoms with Crippen molar-refractivity contribution in [1.29, 1.82) is 0 Å². The molecular formula is C26H23ClFN3O6. The number of nitrogens with zero attached hydrogens (tertiary/aromatic N) is 3. The van der Waals surface area contributed by atoms with Gasteiger partial charge >= 0.3 is 5.97 Å². The van der Waals surface area contributed by atoms with Crippen LogP contribution >= 0.6 is 11.6 Å². The maximum Gasteiger partial charge on any atom is 0.347 e. The van der Waals surface area contributed by atoms with Crippen LogP contribution in [0.3, 0.4) is 0 Å². The van der Waals surface area contributed by atoms with Gasteiger partial charge in [0, 0.05) is 35.3 Å². The minimum atomic E-state index is -1.23. The average molecular weight is 528 g/mol. The number of amides is 1. The molecule has 3 aromatic carbocycles. The Morgan fingerprint density at radius 2 is 1.78 bits per heavy atom. The predicted octanol–water partition coefficient (Wildman–Crippen LogP) is 5.13. The van der Waals surface area contributed by atoms with E-state index in [1.165, 1.54) is 49.1 Å². The van der Waals surface area contributed by atoms with Crippen molar-refractivity contribution in [2.45, 2.75) is 19.4 Å². The SMILES string of the molecule is CC(C)(Oc1ccc(Cl)cc1)C(=O)O.CN1C(=O)CN=C(c2ccccc2F)c2cc([N+](=O)[O-])ccc21. The molecule has 0 aliphatic carbocycles. The molecule has 0 spiro atoms. The van der Waals surface area contributed by atoms with Gasteiger partial charge in [-0.25, -0.2) is 9.18 Å². The number of carboxylic acids is 1. The van der Waals surface area contributed by atoms with Gasteiger partial charge in [-0.05, 0) is 56.3 Å². The lowest BCUT2D eigenvalue weighted by Crippen LogP contribution is -2.37. The number of hydrogen-bond acceptors (Lipinski definition) is 6. The number of carboxylic acid groups (broad SMARTS) is 1. The van der Waals surface area contributed by atoms with Crippen LogP contribution in [-0.4, -0.2) is 46.8 Å². The summed E-state index contributed by atoms with van der Waals surface area (Å²) in [6, 6.07) is 16.7. The predicted molar refractivity (Wildman–Crippen MR) is 137 cm³/mol. The van der Waals surface area contributed by atoms with E-state index in [4.69, 9.17) is 21.4 Å². The topological polar surface area (TPSA) is 122 Å². The molecule has 1 heterocycles. The summed E-state index contributed by atoms with van der Waals surface area (Å²) in [4.78, 5) is 38.9. The first-order chi connectivity index (χ1) is 17.4. The number of likely N-dealkylation sites (N-methyl/N-ethyl adjacent to an activating group) is 1. The van der Waals surface area contributed by atoms with Gasteiger partial charge < -0.3 is 14.7 Å². The van der Waals surface area contributed by atoms with Crippen LogP contribution in [0.15, 0.2) is 71.7 Å². The monoisotopic (exact) mass is 527 g/mol. The van der Waals surface area contributed by atoms with E-state index < -0.39 is 22.3 Å².